The molecule has 9 heteroatoms. The van der Waals surface area contributed by atoms with E-state index in [9.17, 15) is 13.6 Å². The van der Waals surface area contributed by atoms with Gasteiger partial charge in [-0.3, -0.25) is 4.79 Å². The molecule has 0 unspecified atom stereocenters. The van der Waals surface area contributed by atoms with Crippen LogP contribution in [0.1, 0.15) is 23.6 Å². The minimum absolute atomic E-state index is 0.0313. The fourth-order valence-electron chi connectivity index (χ4n) is 3.36. The lowest BCUT2D eigenvalue weighted by Crippen LogP contribution is -2.31. The summed E-state index contributed by atoms with van der Waals surface area (Å²) >= 11 is 0. The van der Waals surface area contributed by atoms with Gasteiger partial charge in [-0.15, -0.1) is 0 Å². The van der Waals surface area contributed by atoms with E-state index in [0.717, 1.165) is 16.8 Å². The van der Waals surface area contributed by atoms with Crippen molar-refractivity contribution in [1.29, 1.82) is 5.26 Å². The first-order valence-corrected chi connectivity index (χ1v) is 7.99. The van der Waals surface area contributed by atoms with E-state index >= 15 is 0 Å². The molecule has 1 aliphatic rings. The number of pyridine rings is 1. The van der Waals surface area contributed by atoms with Crippen LogP contribution in [0.2, 0.25) is 0 Å². The van der Waals surface area contributed by atoms with Gasteiger partial charge in [0, 0.05) is 31.4 Å². The predicted molar refractivity (Wildman–Crippen MR) is 88.9 cm³/mol. The van der Waals surface area contributed by atoms with Gasteiger partial charge in [0.2, 0.25) is 0 Å². The van der Waals surface area contributed by atoms with Gasteiger partial charge in [-0.05, 0) is 12.1 Å². The number of hydrogen-bond acceptors (Lipinski definition) is 5. The van der Waals surface area contributed by atoms with Crippen LogP contribution in [0.25, 0.3) is 5.65 Å². The van der Waals surface area contributed by atoms with E-state index < -0.39 is 18.0 Å². The number of alkyl halides is 1. The molecule has 0 amide bonds. The standard InChI is InChI=1S/C17H14F2N6O/c1-23-8-11(18)4-13(17(23)26)14-5-12(19)9-24(14)15-2-3-25-16(22-15)10(6-20)7-21-25/h2-4,7-8,12,14H,5,9H2,1H3/t12-,14+/m0/s1. The first kappa shape index (κ1) is 16.2. The lowest BCUT2D eigenvalue weighted by Gasteiger charge is -2.25. The molecule has 7 nitrogen and oxygen atoms in total. The van der Waals surface area contributed by atoms with Crippen molar-refractivity contribution >= 4 is 11.5 Å². The third-order valence-electron chi connectivity index (χ3n) is 4.56. The molecule has 0 aromatic carbocycles. The van der Waals surface area contributed by atoms with Gasteiger partial charge in [0.15, 0.2) is 5.65 Å². The monoisotopic (exact) mass is 356 g/mol. The SMILES string of the molecule is Cn1cc(F)cc([C@H]2C[C@H](F)CN2c2ccn3ncc(C#N)c3n2)c1=O. The molecular weight excluding hydrogens is 342 g/mol. The number of hydrogen-bond donors (Lipinski definition) is 0. The molecule has 1 saturated heterocycles. The summed E-state index contributed by atoms with van der Waals surface area (Å²) in [6, 6.07) is 4.15. The van der Waals surface area contributed by atoms with E-state index in [-0.39, 0.29) is 24.1 Å². The fourth-order valence-corrected chi connectivity index (χ4v) is 3.36. The second-order valence-electron chi connectivity index (χ2n) is 6.25. The Balaban J connectivity index is 1.83. The molecule has 0 saturated carbocycles. The highest BCUT2D eigenvalue weighted by molar-refractivity contribution is 5.58. The van der Waals surface area contributed by atoms with Crippen LogP contribution >= 0.6 is 0 Å². The van der Waals surface area contributed by atoms with Gasteiger partial charge in [0.25, 0.3) is 5.56 Å². The number of rotatable bonds is 2. The van der Waals surface area contributed by atoms with Gasteiger partial charge in [-0.1, -0.05) is 0 Å². The van der Waals surface area contributed by atoms with E-state index in [2.05, 4.69) is 10.1 Å². The van der Waals surface area contributed by atoms with Crippen molar-refractivity contribution < 1.29 is 8.78 Å². The molecule has 3 aromatic heterocycles. The van der Waals surface area contributed by atoms with Crippen LogP contribution in [0.15, 0.2) is 35.5 Å². The Morgan fingerprint density at radius 1 is 1.42 bits per heavy atom. The van der Waals surface area contributed by atoms with E-state index in [1.165, 1.54) is 17.8 Å². The van der Waals surface area contributed by atoms with Crippen LogP contribution in [-0.4, -0.2) is 31.9 Å². The number of halogens is 2. The van der Waals surface area contributed by atoms with Gasteiger partial charge in [-0.25, -0.2) is 18.3 Å². The highest BCUT2D eigenvalue weighted by atomic mass is 19.1. The Hall–Kier alpha value is -3.28. The second kappa shape index (κ2) is 5.91. The van der Waals surface area contributed by atoms with Crippen LogP contribution in [0.3, 0.4) is 0 Å². The highest BCUT2D eigenvalue weighted by Gasteiger charge is 2.36. The lowest BCUT2D eigenvalue weighted by molar-refractivity contribution is 0.356. The van der Waals surface area contributed by atoms with Crippen molar-refractivity contribution in [2.45, 2.75) is 18.6 Å². The van der Waals surface area contributed by atoms with Crippen molar-refractivity contribution in [2.24, 2.45) is 7.05 Å². The highest BCUT2D eigenvalue weighted by Crippen LogP contribution is 2.35. The molecule has 0 aliphatic carbocycles. The van der Waals surface area contributed by atoms with E-state index in [4.69, 9.17) is 5.26 Å². The first-order chi connectivity index (χ1) is 12.5. The van der Waals surface area contributed by atoms with E-state index in [0.29, 0.717) is 17.0 Å². The maximum atomic E-state index is 14.2. The molecule has 3 aromatic rings. The summed E-state index contributed by atoms with van der Waals surface area (Å²) in [5.74, 6) is -0.152. The minimum Gasteiger partial charge on any atom is -0.346 e. The van der Waals surface area contributed by atoms with Crippen molar-refractivity contribution in [3.8, 4) is 6.07 Å². The number of nitriles is 1. The summed E-state index contributed by atoms with van der Waals surface area (Å²) in [6.45, 7) is 0.0313. The smallest absolute Gasteiger partial charge is 0.255 e. The van der Waals surface area contributed by atoms with Crippen LogP contribution in [0.4, 0.5) is 14.6 Å². The van der Waals surface area contributed by atoms with Gasteiger partial charge in [0.1, 0.15) is 29.4 Å². The largest absolute Gasteiger partial charge is 0.346 e. The average Bonchev–Trinajstić information content (AvgIpc) is 3.20. The molecule has 4 heterocycles. The van der Waals surface area contributed by atoms with E-state index in [1.54, 1.807) is 17.2 Å². The topological polar surface area (TPSA) is 79.2 Å². The Morgan fingerprint density at radius 3 is 3.00 bits per heavy atom. The molecular formula is C17H14F2N6O. The first-order valence-electron chi connectivity index (χ1n) is 7.99. The second-order valence-corrected chi connectivity index (χ2v) is 6.25. The molecule has 1 fully saturated rings. The summed E-state index contributed by atoms with van der Waals surface area (Å²) in [7, 11) is 1.46. The molecule has 0 N–H and O–H groups in total. The number of aromatic nitrogens is 4. The predicted octanol–water partition coefficient (Wildman–Crippen LogP) is 1.73. The van der Waals surface area contributed by atoms with Gasteiger partial charge >= 0.3 is 0 Å². The molecule has 4 rings (SSSR count). The third kappa shape index (κ3) is 2.50. The molecule has 1 aliphatic heterocycles. The Labute approximate surface area is 146 Å². The zero-order valence-electron chi connectivity index (χ0n) is 13.8. The van der Waals surface area contributed by atoms with Crippen molar-refractivity contribution in [3.63, 3.8) is 0 Å². The number of nitrogens with zero attached hydrogens (tertiary/aromatic N) is 6. The zero-order valence-corrected chi connectivity index (χ0v) is 13.8. The molecule has 0 radical (unpaired) electrons. The normalized spacial score (nSPS) is 19.8. The van der Waals surface area contributed by atoms with Crippen LogP contribution < -0.4 is 10.5 Å². The molecule has 0 bridgehead atoms. The Morgan fingerprint density at radius 2 is 2.23 bits per heavy atom. The summed E-state index contributed by atoms with van der Waals surface area (Å²) in [4.78, 5) is 18.5. The summed E-state index contributed by atoms with van der Waals surface area (Å²) in [5.41, 5.74) is 0.446. The Kier molecular flexibility index (Phi) is 3.68. The van der Waals surface area contributed by atoms with Crippen LogP contribution in [-0.2, 0) is 7.05 Å². The maximum absolute atomic E-state index is 14.2. The number of anilines is 1. The van der Waals surface area contributed by atoms with E-state index in [1.807, 2.05) is 6.07 Å². The third-order valence-corrected chi connectivity index (χ3v) is 4.56. The lowest BCUT2D eigenvalue weighted by atomic mass is 10.1. The average molecular weight is 356 g/mol. The quantitative estimate of drug-likeness (QED) is 0.699. The maximum Gasteiger partial charge on any atom is 0.255 e. The molecule has 26 heavy (non-hydrogen) atoms. The minimum atomic E-state index is -1.17. The zero-order chi connectivity index (χ0) is 18.4. The summed E-state index contributed by atoms with van der Waals surface area (Å²) in [6.07, 6.45) is 2.99. The van der Waals surface area contributed by atoms with Crippen molar-refractivity contribution in [1.82, 2.24) is 19.2 Å². The summed E-state index contributed by atoms with van der Waals surface area (Å²) in [5, 5.41) is 13.2. The summed E-state index contributed by atoms with van der Waals surface area (Å²) < 4.78 is 30.6. The van der Waals surface area contributed by atoms with Crippen molar-refractivity contribution in [2.75, 3.05) is 11.4 Å². The fraction of sp³-hybridized carbons (Fsp3) is 0.294. The van der Waals surface area contributed by atoms with Gasteiger partial charge < -0.3 is 9.47 Å². The molecule has 2 atom stereocenters. The number of fused-ring (bicyclic) bond motifs is 1. The van der Waals surface area contributed by atoms with Crippen molar-refractivity contribution in [3.05, 3.63) is 58.0 Å². The molecule has 0 spiro atoms. The number of aryl methyl sites for hydroxylation is 1. The van der Waals surface area contributed by atoms with Crippen LogP contribution in [0.5, 0.6) is 0 Å². The molecule has 132 valence electrons. The Bertz CT molecular complexity index is 1100. The van der Waals surface area contributed by atoms with Gasteiger partial charge in [-0.2, -0.15) is 10.4 Å². The van der Waals surface area contributed by atoms with Crippen LogP contribution in [0, 0.1) is 17.1 Å². The van der Waals surface area contributed by atoms with Gasteiger partial charge in [0.05, 0.1) is 18.8 Å².